The standard InChI is InChI=1S/C15H18N2/c1-12-15(17-9-5-2-6-10-17)11-13-7-3-4-8-14(13)16-12/h3-4,7-8,11H,2,5-6,9-10H2,1H3. The van der Waals surface area contributed by atoms with Crippen LogP contribution in [0.1, 0.15) is 25.0 Å². The molecule has 1 aromatic heterocycles. The average molecular weight is 226 g/mol. The van der Waals surface area contributed by atoms with Gasteiger partial charge in [0.05, 0.1) is 16.9 Å². The summed E-state index contributed by atoms with van der Waals surface area (Å²) in [4.78, 5) is 7.19. The number of hydrogen-bond donors (Lipinski definition) is 0. The number of pyridine rings is 1. The highest BCUT2D eigenvalue weighted by molar-refractivity contribution is 5.82. The Bertz CT molecular complexity index is 527. The van der Waals surface area contributed by atoms with Crippen molar-refractivity contribution in [1.29, 1.82) is 0 Å². The third kappa shape index (κ3) is 1.99. The number of anilines is 1. The highest BCUT2D eigenvalue weighted by atomic mass is 15.1. The maximum Gasteiger partial charge on any atom is 0.0706 e. The van der Waals surface area contributed by atoms with Gasteiger partial charge in [-0.05, 0) is 38.3 Å². The minimum Gasteiger partial charge on any atom is -0.370 e. The third-order valence-electron chi connectivity index (χ3n) is 3.58. The van der Waals surface area contributed by atoms with Gasteiger partial charge in [-0.3, -0.25) is 4.98 Å². The Kier molecular flexibility index (Phi) is 2.71. The van der Waals surface area contributed by atoms with Gasteiger partial charge in [0.15, 0.2) is 0 Å². The van der Waals surface area contributed by atoms with Crippen molar-refractivity contribution in [3.63, 3.8) is 0 Å². The summed E-state index contributed by atoms with van der Waals surface area (Å²) in [5, 5.41) is 1.25. The number of piperidine rings is 1. The van der Waals surface area contributed by atoms with Crippen LogP contribution >= 0.6 is 0 Å². The molecule has 0 spiro atoms. The minimum absolute atomic E-state index is 1.10. The molecule has 0 atom stereocenters. The number of benzene rings is 1. The number of fused-ring (bicyclic) bond motifs is 1. The molecule has 0 unspecified atom stereocenters. The molecule has 17 heavy (non-hydrogen) atoms. The fourth-order valence-corrected chi connectivity index (χ4v) is 2.66. The highest BCUT2D eigenvalue weighted by Gasteiger charge is 2.14. The van der Waals surface area contributed by atoms with Crippen LogP contribution in [0.15, 0.2) is 30.3 Å². The summed E-state index contributed by atoms with van der Waals surface area (Å²) < 4.78 is 0. The van der Waals surface area contributed by atoms with Crippen LogP contribution in [0.3, 0.4) is 0 Å². The van der Waals surface area contributed by atoms with E-state index in [9.17, 15) is 0 Å². The summed E-state index contributed by atoms with van der Waals surface area (Å²) in [5.41, 5.74) is 3.58. The van der Waals surface area contributed by atoms with Crippen LogP contribution in [-0.4, -0.2) is 18.1 Å². The molecule has 2 heterocycles. The molecule has 0 aliphatic carbocycles. The summed E-state index contributed by atoms with van der Waals surface area (Å²) in [6, 6.07) is 10.7. The van der Waals surface area contributed by atoms with Crippen LogP contribution in [0.5, 0.6) is 0 Å². The summed E-state index contributed by atoms with van der Waals surface area (Å²) in [5.74, 6) is 0. The van der Waals surface area contributed by atoms with Gasteiger partial charge >= 0.3 is 0 Å². The van der Waals surface area contributed by atoms with Gasteiger partial charge in [-0.15, -0.1) is 0 Å². The molecule has 0 amide bonds. The van der Waals surface area contributed by atoms with E-state index in [0.717, 1.165) is 11.2 Å². The van der Waals surface area contributed by atoms with Gasteiger partial charge in [-0.2, -0.15) is 0 Å². The molecule has 0 radical (unpaired) electrons. The first-order chi connectivity index (χ1) is 8.34. The van der Waals surface area contributed by atoms with Crippen LogP contribution in [0, 0.1) is 6.92 Å². The van der Waals surface area contributed by atoms with Crippen molar-refractivity contribution in [3.05, 3.63) is 36.0 Å². The molecule has 1 fully saturated rings. The Morgan fingerprint density at radius 3 is 2.65 bits per heavy atom. The van der Waals surface area contributed by atoms with E-state index < -0.39 is 0 Å². The molecule has 2 aromatic rings. The van der Waals surface area contributed by atoms with E-state index in [1.54, 1.807) is 0 Å². The minimum atomic E-state index is 1.10. The number of rotatable bonds is 1. The number of aryl methyl sites for hydroxylation is 1. The molecule has 1 aromatic carbocycles. The van der Waals surface area contributed by atoms with Crippen LogP contribution in [0.4, 0.5) is 5.69 Å². The van der Waals surface area contributed by atoms with Gasteiger partial charge in [-0.25, -0.2) is 0 Å². The number of hydrogen-bond acceptors (Lipinski definition) is 2. The molecule has 88 valence electrons. The number of para-hydroxylation sites is 1. The maximum atomic E-state index is 4.71. The van der Waals surface area contributed by atoms with Crippen LogP contribution < -0.4 is 4.90 Å². The first kappa shape index (κ1) is 10.6. The summed E-state index contributed by atoms with van der Waals surface area (Å²) in [7, 11) is 0. The van der Waals surface area contributed by atoms with Crippen LogP contribution in [0.25, 0.3) is 10.9 Å². The second-order valence-electron chi connectivity index (χ2n) is 4.83. The molecule has 2 heteroatoms. The Balaban J connectivity index is 2.06. The van der Waals surface area contributed by atoms with E-state index in [-0.39, 0.29) is 0 Å². The molecule has 0 N–H and O–H groups in total. The molecule has 1 saturated heterocycles. The molecule has 2 nitrogen and oxygen atoms in total. The van der Waals surface area contributed by atoms with Gasteiger partial charge in [-0.1, -0.05) is 18.2 Å². The molecule has 0 saturated carbocycles. The fraction of sp³-hybridized carbons (Fsp3) is 0.400. The van der Waals surface area contributed by atoms with Gasteiger partial charge in [0.2, 0.25) is 0 Å². The van der Waals surface area contributed by atoms with E-state index in [4.69, 9.17) is 4.98 Å². The zero-order valence-electron chi connectivity index (χ0n) is 10.3. The summed E-state index contributed by atoms with van der Waals surface area (Å²) in [6.07, 6.45) is 4.00. The lowest BCUT2D eigenvalue weighted by atomic mass is 10.1. The number of nitrogens with zero attached hydrogens (tertiary/aromatic N) is 2. The second kappa shape index (κ2) is 4.36. The van der Waals surface area contributed by atoms with Crippen molar-refractivity contribution < 1.29 is 0 Å². The molecule has 1 aliphatic rings. The Morgan fingerprint density at radius 1 is 1.06 bits per heavy atom. The van der Waals surface area contributed by atoms with E-state index in [1.165, 1.54) is 43.4 Å². The van der Waals surface area contributed by atoms with E-state index in [2.05, 4.69) is 42.2 Å². The average Bonchev–Trinajstić information content (AvgIpc) is 2.39. The lowest BCUT2D eigenvalue weighted by Crippen LogP contribution is -2.30. The number of aromatic nitrogens is 1. The SMILES string of the molecule is Cc1nc2ccccc2cc1N1CCCCC1. The first-order valence-electron chi connectivity index (χ1n) is 6.46. The summed E-state index contributed by atoms with van der Waals surface area (Å²) in [6.45, 7) is 4.48. The van der Waals surface area contributed by atoms with Gasteiger partial charge in [0.1, 0.15) is 0 Å². The van der Waals surface area contributed by atoms with Crippen molar-refractivity contribution in [1.82, 2.24) is 4.98 Å². The largest absolute Gasteiger partial charge is 0.370 e. The Morgan fingerprint density at radius 2 is 1.82 bits per heavy atom. The molecule has 0 bridgehead atoms. The Labute approximate surface area is 102 Å². The summed E-state index contributed by atoms with van der Waals surface area (Å²) >= 11 is 0. The monoisotopic (exact) mass is 226 g/mol. The highest BCUT2D eigenvalue weighted by Crippen LogP contribution is 2.26. The van der Waals surface area contributed by atoms with Crippen molar-refractivity contribution in [3.8, 4) is 0 Å². The zero-order valence-corrected chi connectivity index (χ0v) is 10.3. The molecular formula is C15H18N2. The predicted molar refractivity (Wildman–Crippen MR) is 72.5 cm³/mol. The van der Waals surface area contributed by atoms with Crippen molar-refractivity contribution in [2.24, 2.45) is 0 Å². The van der Waals surface area contributed by atoms with Crippen LogP contribution in [0.2, 0.25) is 0 Å². The zero-order chi connectivity index (χ0) is 11.7. The molecule has 3 rings (SSSR count). The van der Waals surface area contributed by atoms with Crippen molar-refractivity contribution >= 4 is 16.6 Å². The van der Waals surface area contributed by atoms with Crippen molar-refractivity contribution in [2.75, 3.05) is 18.0 Å². The Hall–Kier alpha value is -1.57. The van der Waals surface area contributed by atoms with Crippen LogP contribution in [-0.2, 0) is 0 Å². The quantitative estimate of drug-likeness (QED) is 0.739. The topological polar surface area (TPSA) is 16.1 Å². The first-order valence-corrected chi connectivity index (χ1v) is 6.46. The predicted octanol–water partition coefficient (Wildman–Crippen LogP) is 3.53. The maximum absolute atomic E-state index is 4.71. The van der Waals surface area contributed by atoms with Gasteiger partial charge < -0.3 is 4.90 Å². The molecular weight excluding hydrogens is 208 g/mol. The second-order valence-corrected chi connectivity index (χ2v) is 4.83. The van der Waals surface area contributed by atoms with E-state index in [0.29, 0.717) is 0 Å². The van der Waals surface area contributed by atoms with E-state index >= 15 is 0 Å². The van der Waals surface area contributed by atoms with Gasteiger partial charge in [0, 0.05) is 18.5 Å². The normalized spacial score (nSPS) is 16.4. The smallest absolute Gasteiger partial charge is 0.0706 e. The fourth-order valence-electron chi connectivity index (χ4n) is 2.66. The lowest BCUT2D eigenvalue weighted by molar-refractivity contribution is 0.576. The lowest BCUT2D eigenvalue weighted by Gasteiger charge is -2.29. The van der Waals surface area contributed by atoms with Crippen molar-refractivity contribution in [2.45, 2.75) is 26.2 Å². The van der Waals surface area contributed by atoms with E-state index in [1.807, 2.05) is 0 Å². The third-order valence-corrected chi connectivity index (χ3v) is 3.58. The molecule has 1 aliphatic heterocycles. The van der Waals surface area contributed by atoms with Gasteiger partial charge in [0.25, 0.3) is 0 Å².